The molecule has 4 nitrogen and oxygen atoms in total. The van der Waals surface area contributed by atoms with Gasteiger partial charge in [0.2, 0.25) is 5.85 Å². The molecule has 0 saturated heterocycles. The quantitative estimate of drug-likeness (QED) is 0.878. The van der Waals surface area contributed by atoms with Crippen molar-refractivity contribution in [2.45, 2.75) is 25.6 Å². The summed E-state index contributed by atoms with van der Waals surface area (Å²) in [4.78, 5) is 8.11. The molecule has 2 N–H and O–H groups in total. The van der Waals surface area contributed by atoms with Crippen molar-refractivity contribution in [1.82, 2.24) is 10.3 Å². The Morgan fingerprint density at radius 3 is 2.67 bits per heavy atom. The minimum Gasteiger partial charge on any atom is -0.353 e. The molecule has 1 aliphatic heterocycles. The lowest BCUT2D eigenvalue weighted by atomic mass is 9.93. The van der Waals surface area contributed by atoms with Crippen molar-refractivity contribution >= 4 is 11.9 Å². The van der Waals surface area contributed by atoms with Gasteiger partial charge in [0.1, 0.15) is 5.83 Å². The summed E-state index contributed by atoms with van der Waals surface area (Å²) in [6.45, 7) is 1.58. The molecule has 0 saturated carbocycles. The molecule has 0 bridgehead atoms. The first kappa shape index (κ1) is 13.7. The molecule has 5 heteroatoms. The fourth-order valence-corrected chi connectivity index (χ4v) is 2.42. The first-order chi connectivity index (χ1) is 10.1. The van der Waals surface area contributed by atoms with E-state index in [1.807, 2.05) is 12.1 Å². The summed E-state index contributed by atoms with van der Waals surface area (Å²) >= 11 is 0. The lowest BCUT2D eigenvalue weighted by Crippen LogP contribution is -2.42. The third-order valence-electron chi connectivity index (χ3n) is 3.49. The molecule has 3 rings (SSSR count). The summed E-state index contributed by atoms with van der Waals surface area (Å²) in [5.74, 6) is -1.46. The number of allylic oxidation sites excluding steroid dienone is 5. The van der Waals surface area contributed by atoms with E-state index in [-0.39, 0.29) is 5.83 Å². The summed E-state index contributed by atoms with van der Waals surface area (Å²) in [7, 11) is 0. The van der Waals surface area contributed by atoms with Crippen LogP contribution in [-0.2, 0) is 0 Å². The van der Waals surface area contributed by atoms with Crippen LogP contribution in [-0.4, -0.2) is 22.2 Å². The van der Waals surface area contributed by atoms with Gasteiger partial charge in [-0.15, -0.1) is 0 Å². The highest BCUT2D eigenvalue weighted by Gasteiger charge is 2.27. The third kappa shape index (κ3) is 2.92. The Bertz CT molecular complexity index is 672. The zero-order valence-corrected chi connectivity index (χ0v) is 11.7. The molecular formula is C16H16FN3O. The molecule has 1 aromatic rings. The molecular weight excluding hydrogens is 269 g/mol. The van der Waals surface area contributed by atoms with Gasteiger partial charge < -0.3 is 10.4 Å². The average Bonchev–Trinajstić information content (AvgIpc) is 2.48. The monoisotopic (exact) mass is 285 g/mol. The second-order valence-electron chi connectivity index (χ2n) is 5.23. The summed E-state index contributed by atoms with van der Waals surface area (Å²) in [6, 6.07) is 3.72. The zero-order valence-electron chi connectivity index (χ0n) is 11.7. The molecule has 1 unspecified atom stereocenters. The van der Waals surface area contributed by atoms with Crippen LogP contribution in [0.2, 0.25) is 0 Å². The van der Waals surface area contributed by atoms with Crippen LogP contribution in [0, 0.1) is 0 Å². The largest absolute Gasteiger partial charge is 0.353 e. The van der Waals surface area contributed by atoms with Gasteiger partial charge in [-0.1, -0.05) is 6.08 Å². The van der Waals surface area contributed by atoms with Crippen LogP contribution in [0.15, 0.2) is 58.6 Å². The van der Waals surface area contributed by atoms with Crippen molar-refractivity contribution in [2.24, 2.45) is 4.99 Å². The number of aliphatic imine (C=N–C) groups is 1. The average molecular weight is 285 g/mol. The normalized spacial score (nSPS) is 25.3. The standard InChI is InChI=1S/C16H16FN3O/c1-16(21)19-10-14(11-2-4-13(17)5-3-11)15(20-16)12-6-8-18-9-7-12/h2,4,6-10,20-21H,3,5H2,1H3. The highest BCUT2D eigenvalue weighted by molar-refractivity contribution is 5.97. The van der Waals surface area contributed by atoms with Crippen molar-refractivity contribution in [3.8, 4) is 0 Å². The fraction of sp³-hybridized carbons (Fsp3) is 0.250. The molecule has 1 atom stereocenters. The van der Waals surface area contributed by atoms with Crippen LogP contribution in [0.5, 0.6) is 0 Å². The van der Waals surface area contributed by atoms with Gasteiger partial charge in [0, 0.05) is 43.1 Å². The van der Waals surface area contributed by atoms with Gasteiger partial charge in [-0.3, -0.25) is 4.98 Å². The molecule has 108 valence electrons. The zero-order chi connectivity index (χ0) is 14.9. The van der Waals surface area contributed by atoms with Gasteiger partial charge in [-0.05, 0) is 30.2 Å². The predicted molar refractivity (Wildman–Crippen MR) is 79.9 cm³/mol. The molecule has 0 aromatic carbocycles. The number of hydrogen-bond acceptors (Lipinski definition) is 4. The van der Waals surface area contributed by atoms with E-state index < -0.39 is 5.85 Å². The van der Waals surface area contributed by atoms with Crippen molar-refractivity contribution in [3.63, 3.8) is 0 Å². The number of halogens is 1. The van der Waals surface area contributed by atoms with E-state index in [1.54, 1.807) is 31.6 Å². The highest BCUT2D eigenvalue weighted by Crippen LogP contribution is 2.31. The highest BCUT2D eigenvalue weighted by atomic mass is 19.1. The first-order valence-electron chi connectivity index (χ1n) is 6.81. The van der Waals surface area contributed by atoms with Crippen LogP contribution in [0.25, 0.3) is 5.70 Å². The minimum atomic E-state index is -1.35. The van der Waals surface area contributed by atoms with E-state index >= 15 is 0 Å². The Kier molecular flexibility index (Phi) is 3.43. The molecule has 0 spiro atoms. The van der Waals surface area contributed by atoms with Gasteiger partial charge in [0.25, 0.3) is 0 Å². The lowest BCUT2D eigenvalue weighted by molar-refractivity contribution is 0.0506. The van der Waals surface area contributed by atoms with Crippen LogP contribution >= 0.6 is 0 Å². The molecule has 0 fully saturated rings. The van der Waals surface area contributed by atoms with Gasteiger partial charge in [0.05, 0.1) is 5.70 Å². The number of nitrogens with one attached hydrogen (secondary N) is 1. The number of pyridine rings is 1. The third-order valence-corrected chi connectivity index (χ3v) is 3.49. The van der Waals surface area contributed by atoms with E-state index in [0.29, 0.717) is 12.8 Å². The van der Waals surface area contributed by atoms with Crippen molar-refractivity contribution in [3.05, 3.63) is 59.2 Å². The van der Waals surface area contributed by atoms with Gasteiger partial charge >= 0.3 is 0 Å². The number of rotatable bonds is 2. The number of hydrogen-bond donors (Lipinski definition) is 2. The van der Waals surface area contributed by atoms with E-state index in [1.165, 1.54) is 6.08 Å². The lowest BCUT2D eigenvalue weighted by Gasteiger charge is -2.30. The predicted octanol–water partition coefficient (Wildman–Crippen LogP) is 2.71. The first-order valence-corrected chi connectivity index (χ1v) is 6.81. The maximum absolute atomic E-state index is 13.2. The molecule has 0 radical (unpaired) electrons. The summed E-state index contributed by atoms with van der Waals surface area (Å²) in [5.41, 5.74) is 3.55. The Hall–Kier alpha value is -2.27. The van der Waals surface area contributed by atoms with Crippen molar-refractivity contribution in [2.75, 3.05) is 0 Å². The number of nitrogens with zero attached hydrogens (tertiary/aromatic N) is 2. The Labute approximate surface area is 122 Å². The summed E-state index contributed by atoms with van der Waals surface area (Å²) in [5, 5.41) is 13.1. The van der Waals surface area contributed by atoms with Crippen LogP contribution in [0.3, 0.4) is 0 Å². The van der Waals surface area contributed by atoms with Crippen molar-refractivity contribution in [1.29, 1.82) is 0 Å². The fourth-order valence-electron chi connectivity index (χ4n) is 2.42. The van der Waals surface area contributed by atoms with Crippen LogP contribution < -0.4 is 5.32 Å². The van der Waals surface area contributed by atoms with E-state index in [4.69, 9.17) is 0 Å². The SMILES string of the molecule is CC1(O)N=CC(C2=CC=C(F)CC2)=C(c2ccncc2)N1. The Morgan fingerprint density at radius 2 is 2.00 bits per heavy atom. The number of aromatic nitrogens is 1. The van der Waals surface area contributed by atoms with Crippen LogP contribution in [0.4, 0.5) is 4.39 Å². The van der Waals surface area contributed by atoms with E-state index in [2.05, 4.69) is 15.3 Å². The smallest absolute Gasteiger partial charge is 0.231 e. The second-order valence-corrected chi connectivity index (χ2v) is 5.23. The van der Waals surface area contributed by atoms with Gasteiger partial charge in [-0.2, -0.15) is 0 Å². The van der Waals surface area contributed by atoms with Crippen molar-refractivity contribution < 1.29 is 9.50 Å². The topological polar surface area (TPSA) is 57.5 Å². The van der Waals surface area contributed by atoms with Crippen LogP contribution in [0.1, 0.15) is 25.3 Å². The molecule has 21 heavy (non-hydrogen) atoms. The van der Waals surface area contributed by atoms with E-state index in [0.717, 1.165) is 22.4 Å². The Morgan fingerprint density at radius 1 is 1.24 bits per heavy atom. The molecule has 2 heterocycles. The molecule has 0 amide bonds. The second kappa shape index (κ2) is 5.26. The maximum atomic E-state index is 13.2. The number of aliphatic hydroxyl groups is 1. The van der Waals surface area contributed by atoms with E-state index in [9.17, 15) is 9.50 Å². The Balaban J connectivity index is 2.09. The maximum Gasteiger partial charge on any atom is 0.231 e. The summed E-state index contributed by atoms with van der Waals surface area (Å²) < 4.78 is 13.2. The van der Waals surface area contributed by atoms with Gasteiger partial charge in [0.15, 0.2) is 0 Å². The molecule has 1 aromatic heterocycles. The minimum absolute atomic E-state index is 0.113. The molecule has 1 aliphatic carbocycles. The van der Waals surface area contributed by atoms with Gasteiger partial charge in [-0.25, -0.2) is 9.38 Å². The molecule has 2 aliphatic rings. The summed E-state index contributed by atoms with van der Waals surface area (Å²) in [6.07, 6.45) is 9.29.